The summed E-state index contributed by atoms with van der Waals surface area (Å²) in [5.74, 6) is 13.8. The van der Waals surface area contributed by atoms with Gasteiger partial charge >= 0.3 is 59.4 Å². The molecule has 0 saturated heterocycles. The molecule has 5 aromatic heterocycles. The molecule has 6 aliphatic rings. The predicted molar refractivity (Wildman–Crippen MR) is 547 cm³/mol. The van der Waals surface area contributed by atoms with Gasteiger partial charge in [0.25, 0.3) is 0 Å². The smallest absolute Gasteiger partial charge is 0.437 e. The Labute approximate surface area is 830 Å². The van der Waals surface area contributed by atoms with Crippen LogP contribution in [0.4, 0.5) is 8.78 Å². The Morgan fingerprint density at radius 3 is 1.08 bits per heavy atom. The fraction of sp³-hybridized carbons (Fsp3) is 0.517. The molecular formula is C118H176F2N5OOs3+3. The molecule has 0 bridgehead atoms. The summed E-state index contributed by atoms with van der Waals surface area (Å²) in [6, 6.07) is 36.6. The Bertz CT molecular complexity index is 4980. The van der Waals surface area contributed by atoms with Crippen LogP contribution in [-0.4, -0.2) is 4.98 Å². The quantitative estimate of drug-likeness (QED) is 0.112. The van der Waals surface area contributed by atoms with Gasteiger partial charge in [-0.2, -0.15) is 5.26 Å². The minimum Gasteiger partial charge on any atom is -0.437 e. The number of benzene rings is 5. The van der Waals surface area contributed by atoms with E-state index in [-0.39, 0.29) is 138 Å². The van der Waals surface area contributed by atoms with Gasteiger partial charge in [-0.15, -0.1) is 0 Å². The molecule has 5 heterocycles. The Kier molecular flexibility index (Phi) is 52.0. The average Bonchev–Trinajstić information content (AvgIpc) is 1.66. The molecule has 0 radical (unpaired) electrons. The van der Waals surface area contributed by atoms with Crippen molar-refractivity contribution in [2.75, 3.05) is 0 Å². The van der Waals surface area contributed by atoms with Crippen LogP contribution in [0.5, 0.6) is 0 Å². The molecule has 6 fully saturated rings. The van der Waals surface area contributed by atoms with E-state index in [1.54, 1.807) is 30.5 Å². The fourth-order valence-electron chi connectivity index (χ4n) is 22.8. The molecule has 0 N–H and O–H groups in total. The van der Waals surface area contributed by atoms with Gasteiger partial charge in [-0.3, -0.25) is 0 Å². The summed E-state index contributed by atoms with van der Waals surface area (Å²) < 4.78 is 40.0. The Hall–Kier alpha value is -6.24. The van der Waals surface area contributed by atoms with Crippen LogP contribution in [0.2, 0.25) is 0 Å². The van der Waals surface area contributed by atoms with Crippen LogP contribution in [0.1, 0.15) is 294 Å². The summed E-state index contributed by atoms with van der Waals surface area (Å²) in [4.78, 5) is 4.54. The van der Waals surface area contributed by atoms with Crippen molar-refractivity contribution in [2.45, 2.75) is 284 Å². The van der Waals surface area contributed by atoms with Crippen molar-refractivity contribution in [3.63, 3.8) is 0 Å². The first-order valence-electron chi connectivity index (χ1n) is 45.4. The number of hydrogen-bond acceptors (Lipinski definition) is 3. The van der Waals surface area contributed by atoms with Crippen molar-refractivity contribution in [1.29, 1.82) is 5.26 Å². The number of pyridine rings is 4. The van der Waals surface area contributed by atoms with Crippen LogP contribution < -0.4 is 13.7 Å². The summed E-state index contributed by atoms with van der Waals surface area (Å²) in [7, 11) is 6.34. The van der Waals surface area contributed by atoms with Crippen molar-refractivity contribution in [1.82, 2.24) is 4.98 Å². The van der Waals surface area contributed by atoms with Gasteiger partial charge in [0, 0.05) is 68.5 Å². The van der Waals surface area contributed by atoms with Gasteiger partial charge in [0.1, 0.15) is 38.4 Å². The van der Waals surface area contributed by atoms with Gasteiger partial charge in [-0.05, 0) is 309 Å². The second kappa shape index (κ2) is 53.7. The Morgan fingerprint density at radius 2 is 0.713 bits per heavy atom. The number of nitrogens with zero attached hydrogens (tertiary/aromatic N) is 5. The third-order valence-electron chi connectivity index (χ3n) is 31.8. The normalized spacial score (nSPS) is 24.6. The molecule has 16 atom stereocenters. The second-order valence-electron chi connectivity index (χ2n) is 38.9. The largest absolute Gasteiger partial charge is 2.00 e. The summed E-state index contributed by atoms with van der Waals surface area (Å²) >= 11 is 0. The maximum atomic E-state index is 13.5. The molecule has 10 aromatic rings. The molecule has 16 rings (SSSR count). The maximum absolute atomic E-state index is 13.5. The van der Waals surface area contributed by atoms with Crippen LogP contribution in [0.15, 0.2) is 132 Å². The monoisotopic (exact) mass is 2290 g/mol. The molecule has 129 heavy (non-hydrogen) atoms. The number of aryl methyl sites for hydroxylation is 12. The standard InChI is InChI=1S/C44H46N3O.2C23H31FN.C9H18.2C5H10.3CH4.6CH3.3Os/c1-23-13-14-32(21-45)19-35(23)39-20-36(41-26(4)18-37-34-12-11-15-46-44(34)48-43(37)31(41)9)38(22-47(39)10)40-24(2)16-33(17-25(40)3)42-29(7)27(5)28(6)30(42)8;2*1-13-10-19(24)8-9-20(13)22-11-14(2)21(12-25(22)7)23-17(5)15(3)16(4)18(23)6;1-6-5-7(2)9(4)8(6)3;2*1-2-4-5-3-1;;;;;;;;;;;;/h11-20,22,27-30,42H,1-10H3;2*8-12,15-18,23H,1-7H3;6-9H,5H2,1-4H3;2*1-5H2;3*1H4;6*1H3;;;/q3*+1;;;;;;;6*-1;3*+2. The van der Waals surface area contributed by atoms with E-state index in [9.17, 15) is 14.0 Å². The summed E-state index contributed by atoms with van der Waals surface area (Å²) in [5, 5.41) is 11.9. The predicted octanol–water partition coefficient (Wildman–Crippen LogP) is 33.5. The van der Waals surface area contributed by atoms with Gasteiger partial charge in [0.15, 0.2) is 18.6 Å². The average molecular weight is 2290 g/mol. The van der Waals surface area contributed by atoms with E-state index in [1.165, 1.54) is 137 Å². The molecule has 0 amide bonds. The molecule has 11 heteroatoms. The van der Waals surface area contributed by atoms with E-state index < -0.39 is 0 Å². The molecule has 6 aliphatic carbocycles. The number of halogens is 2. The molecular weight excluding hydrogens is 2110 g/mol. The van der Waals surface area contributed by atoms with Gasteiger partial charge in [0.05, 0.1) is 22.8 Å². The van der Waals surface area contributed by atoms with Crippen molar-refractivity contribution in [2.24, 2.45) is 116 Å². The maximum Gasteiger partial charge on any atom is 2.00 e. The zero-order valence-electron chi connectivity index (χ0n) is 84.3. The number of fused-ring (bicyclic) bond motifs is 3. The third-order valence-corrected chi connectivity index (χ3v) is 31.8. The first-order valence-corrected chi connectivity index (χ1v) is 45.4. The van der Waals surface area contributed by atoms with Gasteiger partial charge in [-0.1, -0.05) is 215 Å². The van der Waals surface area contributed by atoms with Crippen molar-refractivity contribution >= 4 is 22.1 Å². The Morgan fingerprint density at radius 1 is 0.349 bits per heavy atom. The van der Waals surface area contributed by atoms with Crippen molar-refractivity contribution in [3.8, 4) is 62.1 Å². The number of rotatable bonds is 8. The van der Waals surface area contributed by atoms with E-state index in [4.69, 9.17) is 4.42 Å². The van der Waals surface area contributed by atoms with Gasteiger partial charge in [-0.25, -0.2) is 27.5 Å². The van der Waals surface area contributed by atoms with Crippen LogP contribution >= 0.6 is 0 Å². The molecule has 16 unspecified atom stereocenters. The zero-order valence-corrected chi connectivity index (χ0v) is 92.0. The number of furan rings is 1. The van der Waals surface area contributed by atoms with Crippen LogP contribution in [0, 0.1) is 225 Å². The minimum atomic E-state index is -0.172. The topological polar surface area (TPSA) is 61.5 Å². The molecule has 6 saturated carbocycles. The molecule has 714 valence electrons. The molecule has 0 spiro atoms. The summed E-state index contributed by atoms with van der Waals surface area (Å²) in [5.41, 5.74) is 28.8. The fourth-order valence-corrected chi connectivity index (χ4v) is 22.8. The van der Waals surface area contributed by atoms with Crippen LogP contribution in [-0.2, 0) is 80.5 Å². The first kappa shape index (κ1) is 125. The van der Waals surface area contributed by atoms with E-state index in [1.807, 2.05) is 50.2 Å². The second-order valence-corrected chi connectivity index (χ2v) is 38.9. The van der Waals surface area contributed by atoms with Crippen LogP contribution in [0.3, 0.4) is 0 Å². The number of hydrogen-bond donors (Lipinski definition) is 0. The van der Waals surface area contributed by atoms with Gasteiger partial charge in [0.2, 0.25) is 22.8 Å². The third kappa shape index (κ3) is 26.7. The molecule has 5 aromatic carbocycles. The molecule has 0 aliphatic heterocycles. The van der Waals surface area contributed by atoms with E-state index in [2.05, 4.69) is 266 Å². The summed E-state index contributed by atoms with van der Waals surface area (Å²) in [6.45, 7) is 58.0. The van der Waals surface area contributed by atoms with E-state index in [0.29, 0.717) is 76.4 Å². The summed E-state index contributed by atoms with van der Waals surface area (Å²) in [6.07, 6.45) is 25.2. The van der Waals surface area contributed by atoms with Crippen LogP contribution in [0.25, 0.3) is 78.1 Å². The SMILES string of the molecule is C.C.C.C1CCCC1.C1CCCC1.CC1CC(C)C(C)C1C.Cc1cc(F)ccc1-c1cc(C)c(C2C(C)C(C)C(C)C2C)c[n+]1C.Cc1cc(F)ccc1-c1cc(C)c(C2C(C)C(C)C(C)C2C)c[n+]1C.Cc1ccc(C#N)cc1-c1cc(-c2c(C)cc3c(oc4ncccc43)c2C)c(-c2c(C)cc(C3C(C)C(C)C(C)C3C)cc2C)c[n+]1C.[CH3-].[CH3-].[CH3-].[CH3-].[CH3-].[CH3-].[Os+2].[Os+2].[Os+2]. The number of aromatic nitrogens is 4. The minimum absolute atomic E-state index is 0. The first-order chi connectivity index (χ1) is 55.5. The van der Waals surface area contributed by atoms with Crippen molar-refractivity contribution < 1.29 is 86.3 Å². The molecule has 6 nitrogen and oxygen atoms in total. The van der Waals surface area contributed by atoms with Gasteiger partial charge < -0.3 is 49.0 Å². The van der Waals surface area contributed by atoms with Crippen molar-refractivity contribution in [3.05, 3.63) is 256 Å². The van der Waals surface area contributed by atoms with E-state index in [0.717, 1.165) is 120 Å². The zero-order chi connectivity index (χ0) is 85.2. The number of nitriles is 1. The van der Waals surface area contributed by atoms with E-state index >= 15 is 0 Å². The Balaban J connectivity index is 0.